The zero-order valence-electron chi connectivity index (χ0n) is 7.41. The number of carboxylic acid groups (broad SMARTS) is 1. The van der Waals surface area contributed by atoms with Gasteiger partial charge in [0.25, 0.3) is 0 Å². The van der Waals surface area contributed by atoms with Crippen molar-refractivity contribution in [2.75, 3.05) is 0 Å². The first-order valence-corrected chi connectivity index (χ1v) is 4.02. The number of nitrogens with zero attached hydrogens (tertiary/aromatic N) is 2. The average molecular weight is 206 g/mol. The van der Waals surface area contributed by atoms with Crippen LogP contribution in [0, 0.1) is 0 Å². The Kier molecular flexibility index (Phi) is 2.09. The van der Waals surface area contributed by atoms with Crippen LogP contribution in [-0.2, 0) is 0 Å². The molecule has 2 rings (SSSR count). The predicted octanol–water partition coefficient (Wildman–Crippen LogP) is 1.33. The van der Waals surface area contributed by atoms with Crippen LogP contribution in [0.1, 0.15) is 16.2 Å². The van der Waals surface area contributed by atoms with E-state index in [4.69, 9.17) is 14.7 Å². The Morgan fingerprint density at radius 1 is 1.53 bits per heavy atom. The first-order valence-electron chi connectivity index (χ1n) is 4.02. The molecular formula is C9H6N2O4. The molecule has 0 amide bonds. The van der Waals surface area contributed by atoms with Gasteiger partial charge in [0.05, 0.1) is 5.56 Å². The van der Waals surface area contributed by atoms with Crippen molar-refractivity contribution in [2.45, 2.75) is 0 Å². The molecule has 2 N–H and O–H groups in total. The Morgan fingerprint density at radius 2 is 2.33 bits per heavy atom. The van der Waals surface area contributed by atoms with Crippen molar-refractivity contribution in [1.29, 1.82) is 0 Å². The molecule has 0 atom stereocenters. The van der Waals surface area contributed by atoms with Gasteiger partial charge in [-0.15, -0.1) is 0 Å². The second-order valence-electron chi connectivity index (χ2n) is 2.78. The van der Waals surface area contributed by atoms with Crippen LogP contribution in [0.4, 0.5) is 0 Å². The topological polar surface area (TPSA) is 95.9 Å². The largest absolute Gasteiger partial charge is 0.478 e. The van der Waals surface area contributed by atoms with E-state index in [0.29, 0.717) is 11.1 Å². The second-order valence-corrected chi connectivity index (χ2v) is 2.78. The van der Waals surface area contributed by atoms with Gasteiger partial charge in [-0.3, -0.25) is 0 Å². The molecule has 1 aromatic carbocycles. The van der Waals surface area contributed by atoms with Crippen LogP contribution >= 0.6 is 0 Å². The summed E-state index contributed by atoms with van der Waals surface area (Å²) in [5.74, 6) is -0.910. The summed E-state index contributed by atoms with van der Waals surface area (Å²) in [6, 6.07) is 4.30. The Hall–Kier alpha value is -2.37. The molecule has 0 aliphatic heterocycles. The summed E-state index contributed by atoms with van der Waals surface area (Å²) in [6.45, 7) is 0. The number of oxazole rings is 1. The zero-order valence-corrected chi connectivity index (χ0v) is 7.41. The van der Waals surface area contributed by atoms with Crippen LogP contribution in [0.2, 0.25) is 0 Å². The summed E-state index contributed by atoms with van der Waals surface area (Å²) >= 11 is 0. The molecule has 2 aromatic rings. The number of rotatable bonds is 2. The summed E-state index contributed by atoms with van der Waals surface area (Å²) in [4.78, 5) is 14.6. The average Bonchev–Trinajstić information content (AvgIpc) is 2.59. The van der Waals surface area contributed by atoms with Crippen molar-refractivity contribution in [2.24, 2.45) is 5.16 Å². The van der Waals surface area contributed by atoms with Crippen LogP contribution in [0.3, 0.4) is 0 Å². The van der Waals surface area contributed by atoms with Gasteiger partial charge in [0.1, 0.15) is 11.7 Å². The number of benzene rings is 1. The fourth-order valence-corrected chi connectivity index (χ4v) is 1.18. The third-order valence-corrected chi connectivity index (χ3v) is 1.82. The van der Waals surface area contributed by atoms with E-state index < -0.39 is 5.97 Å². The molecule has 0 spiro atoms. The van der Waals surface area contributed by atoms with Gasteiger partial charge < -0.3 is 14.7 Å². The smallest absolute Gasteiger partial charge is 0.335 e. The van der Waals surface area contributed by atoms with Gasteiger partial charge in [0, 0.05) is 0 Å². The van der Waals surface area contributed by atoms with Gasteiger partial charge in [-0.25, -0.2) is 9.78 Å². The lowest BCUT2D eigenvalue weighted by atomic mass is 10.2. The van der Waals surface area contributed by atoms with Crippen LogP contribution in [0.5, 0.6) is 0 Å². The first kappa shape index (κ1) is 9.20. The highest BCUT2D eigenvalue weighted by atomic mass is 16.4. The van der Waals surface area contributed by atoms with Gasteiger partial charge in [-0.1, -0.05) is 5.16 Å². The van der Waals surface area contributed by atoms with Crippen molar-refractivity contribution < 1.29 is 19.5 Å². The quantitative estimate of drug-likeness (QED) is 0.439. The van der Waals surface area contributed by atoms with Gasteiger partial charge in [0.2, 0.25) is 5.89 Å². The zero-order chi connectivity index (χ0) is 10.8. The van der Waals surface area contributed by atoms with Crippen LogP contribution < -0.4 is 0 Å². The van der Waals surface area contributed by atoms with Crippen LogP contribution in [0.15, 0.2) is 27.8 Å². The molecule has 0 unspecified atom stereocenters. The molecule has 0 saturated heterocycles. The molecule has 15 heavy (non-hydrogen) atoms. The second kappa shape index (κ2) is 3.41. The fourth-order valence-electron chi connectivity index (χ4n) is 1.18. The van der Waals surface area contributed by atoms with Crippen LogP contribution in [-0.4, -0.2) is 27.5 Å². The van der Waals surface area contributed by atoms with Gasteiger partial charge in [-0.05, 0) is 18.2 Å². The lowest BCUT2D eigenvalue weighted by Crippen LogP contribution is -1.94. The number of carboxylic acids is 1. The number of hydrogen-bond donors (Lipinski definition) is 2. The molecular weight excluding hydrogens is 200 g/mol. The number of carbonyl (C=O) groups is 1. The molecule has 0 aliphatic carbocycles. The molecule has 0 fully saturated rings. The number of oxime groups is 1. The minimum atomic E-state index is -1.03. The number of hydrogen-bond acceptors (Lipinski definition) is 5. The first-order chi connectivity index (χ1) is 7.20. The monoisotopic (exact) mass is 206 g/mol. The third kappa shape index (κ3) is 1.64. The molecule has 1 aromatic heterocycles. The molecule has 1 heterocycles. The minimum Gasteiger partial charge on any atom is -0.478 e. The third-order valence-electron chi connectivity index (χ3n) is 1.82. The maximum absolute atomic E-state index is 10.7. The van der Waals surface area contributed by atoms with E-state index >= 15 is 0 Å². The number of fused-ring (bicyclic) bond motifs is 1. The molecule has 6 heteroatoms. The highest BCUT2D eigenvalue weighted by molar-refractivity contribution is 5.92. The van der Waals surface area contributed by atoms with Crippen LogP contribution in [0.25, 0.3) is 11.1 Å². The maximum atomic E-state index is 10.7. The van der Waals surface area contributed by atoms with E-state index in [1.54, 1.807) is 0 Å². The molecule has 0 saturated carbocycles. The summed E-state index contributed by atoms with van der Waals surface area (Å²) in [7, 11) is 0. The van der Waals surface area contributed by atoms with Crippen molar-refractivity contribution in [3.63, 3.8) is 0 Å². The summed E-state index contributed by atoms with van der Waals surface area (Å²) in [6.07, 6.45) is 1.03. The summed E-state index contributed by atoms with van der Waals surface area (Å²) < 4.78 is 5.13. The highest BCUT2D eigenvalue weighted by Gasteiger charge is 2.08. The van der Waals surface area contributed by atoms with Gasteiger partial charge >= 0.3 is 5.97 Å². The predicted molar refractivity (Wildman–Crippen MR) is 50.3 cm³/mol. The lowest BCUT2D eigenvalue weighted by Gasteiger charge is -1.91. The minimum absolute atomic E-state index is 0.120. The molecule has 0 bridgehead atoms. The number of aromatic nitrogens is 1. The Morgan fingerprint density at radius 3 is 3.00 bits per heavy atom. The Balaban J connectivity index is 2.56. The molecule has 0 radical (unpaired) electrons. The number of aromatic carboxylic acids is 1. The van der Waals surface area contributed by atoms with Crippen molar-refractivity contribution in [3.05, 3.63) is 29.7 Å². The highest BCUT2D eigenvalue weighted by Crippen LogP contribution is 2.16. The summed E-state index contributed by atoms with van der Waals surface area (Å²) in [5, 5.41) is 19.8. The van der Waals surface area contributed by atoms with E-state index in [0.717, 1.165) is 6.21 Å². The van der Waals surface area contributed by atoms with Gasteiger partial charge in [-0.2, -0.15) is 0 Å². The van der Waals surface area contributed by atoms with Crippen molar-refractivity contribution in [1.82, 2.24) is 4.98 Å². The maximum Gasteiger partial charge on any atom is 0.335 e. The van der Waals surface area contributed by atoms with E-state index in [1.165, 1.54) is 18.2 Å². The van der Waals surface area contributed by atoms with E-state index in [2.05, 4.69) is 10.1 Å². The Labute approximate surface area is 83.5 Å². The van der Waals surface area contributed by atoms with Gasteiger partial charge in [0.15, 0.2) is 5.58 Å². The summed E-state index contributed by atoms with van der Waals surface area (Å²) in [5.41, 5.74) is 0.975. The van der Waals surface area contributed by atoms with Crippen molar-refractivity contribution >= 4 is 23.3 Å². The van der Waals surface area contributed by atoms with Crippen molar-refractivity contribution in [3.8, 4) is 0 Å². The molecule has 76 valence electrons. The Bertz CT molecular complexity index is 544. The van der Waals surface area contributed by atoms with E-state index in [9.17, 15) is 4.79 Å². The SMILES string of the molecule is O=C(O)c1ccc2oc(/C=N/O)nc2c1. The fraction of sp³-hybridized carbons (Fsp3) is 0. The van der Waals surface area contributed by atoms with E-state index in [-0.39, 0.29) is 11.5 Å². The standard InChI is InChI=1S/C9H6N2O4/c12-9(13)5-1-2-7-6(3-5)11-8(15-7)4-10-14/h1-4,14H,(H,12,13)/b10-4+. The lowest BCUT2D eigenvalue weighted by molar-refractivity contribution is 0.0697. The molecule has 0 aliphatic rings. The van der Waals surface area contributed by atoms with E-state index in [1.807, 2.05) is 0 Å². The normalized spacial score (nSPS) is 11.2. The molecule has 6 nitrogen and oxygen atoms in total.